The zero-order valence-electron chi connectivity index (χ0n) is 11.5. The van der Waals surface area contributed by atoms with Crippen molar-refractivity contribution in [2.24, 2.45) is 0 Å². The first-order valence-electron chi connectivity index (χ1n) is 6.81. The molecule has 0 amide bonds. The lowest BCUT2D eigenvalue weighted by molar-refractivity contribution is -0.146. The average molecular weight is 290 g/mol. The van der Waals surface area contributed by atoms with E-state index in [2.05, 4.69) is 0 Å². The van der Waals surface area contributed by atoms with Gasteiger partial charge in [0.15, 0.2) is 0 Å². The van der Waals surface area contributed by atoms with Gasteiger partial charge in [-0.25, -0.2) is 0 Å². The highest BCUT2D eigenvalue weighted by Gasteiger charge is 2.48. The third-order valence-electron chi connectivity index (χ3n) is 4.19. The van der Waals surface area contributed by atoms with Gasteiger partial charge in [-0.1, -0.05) is 12.8 Å². The van der Waals surface area contributed by atoms with Gasteiger partial charge in [0.05, 0.1) is 0 Å². The Morgan fingerprint density at radius 3 is 2.26 bits per heavy atom. The Hall–Kier alpha value is -0.660. The molecule has 0 atom stereocenters. The SMILES string of the molecule is CC(C)(C(=O)O)N1CCCN(C2CCCC2)S1(=O)=O. The summed E-state index contributed by atoms with van der Waals surface area (Å²) in [6, 6.07) is 0.0531. The fraction of sp³-hybridized carbons (Fsp3) is 0.917. The van der Waals surface area contributed by atoms with Gasteiger partial charge in [0, 0.05) is 19.1 Å². The second-order valence-corrected chi connectivity index (χ2v) is 7.65. The third-order valence-corrected chi connectivity index (χ3v) is 6.46. The highest BCUT2D eigenvalue weighted by molar-refractivity contribution is 7.86. The number of nitrogens with zero attached hydrogens (tertiary/aromatic N) is 2. The number of rotatable bonds is 3. The molecular formula is C12H22N2O4S. The number of aliphatic carboxylic acids is 1. The molecule has 7 heteroatoms. The molecule has 0 unspecified atom stereocenters. The smallest absolute Gasteiger partial charge is 0.324 e. The van der Waals surface area contributed by atoms with Crippen molar-refractivity contribution in [1.29, 1.82) is 0 Å². The second-order valence-electron chi connectivity index (χ2n) is 5.85. The van der Waals surface area contributed by atoms with Crippen molar-refractivity contribution in [3.8, 4) is 0 Å². The summed E-state index contributed by atoms with van der Waals surface area (Å²) in [5.41, 5.74) is -1.39. The first-order chi connectivity index (χ1) is 8.78. The number of carboxylic acid groups (broad SMARTS) is 1. The van der Waals surface area contributed by atoms with E-state index in [0.717, 1.165) is 30.0 Å². The second kappa shape index (κ2) is 5.03. The van der Waals surface area contributed by atoms with Crippen LogP contribution in [0.3, 0.4) is 0 Å². The molecule has 110 valence electrons. The normalized spacial score (nSPS) is 26.6. The fourth-order valence-corrected chi connectivity index (χ4v) is 5.18. The Labute approximate surface area is 114 Å². The molecule has 1 N–H and O–H groups in total. The van der Waals surface area contributed by atoms with Crippen LogP contribution < -0.4 is 0 Å². The summed E-state index contributed by atoms with van der Waals surface area (Å²) >= 11 is 0. The van der Waals surface area contributed by atoms with Crippen molar-refractivity contribution in [2.45, 2.75) is 57.5 Å². The maximum Gasteiger partial charge on any atom is 0.324 e. The number of hydrogen-bond acceptors (Lipinski definition) is 3. The Kier molecular flexibility index (Phi) is 3.90. The van der Waals surface area contributed by atoms with Gasteiger partial charge in [0.2, 0.25) is 0 Å². The van der Waals surface area contributed by atoms with Gasteiger partial charge in [-0.2, -0.15) is 17.0 Å². The number of carbonyl (C=O) groups is 1. The van der Waals surface area contributed by atoms with Crippen LogP contribution in [0.2, 0.25) is 0 Å². The summed E-state index contributed by atoms with van der Waals surface area (Å²) in [6.45, 7) is 3.69. The minimum atomic E-state index is -3.66. The molecule has 0 radical (unpaired) electrons. The van der Waals surface area contributed by atoms with E-state index < -0.39 is 21.7 Å². The standard InChI is InChI=1S/C12H22N2O4S/c1-12(2,11(15)16)14-9-5-8-13(19(14,17)18)10-6-3-4-7-10/h10H,3-9H2,1-2H3,(H,15,16). The monoisotopic (exact) mass is 290 g/mol. The molecule has 0 aromatic carbocycles. The number of hydrogen-bond donors (Lipinski definition) is 1. The lowest BCUT2D eigenvalue weighted by atomic mass is 10.1. The van der Waals surface area contributed by atoms with Crippen molar-refractivity contribution in [3.05, 3.63) is 0 Å². The van der Waals surface area contributed by atoms with E-state index in [1.54, 1.807) is 0 Å². The molecule has 0 aromatic heterocycles. The van der Waals surface area contributed by atoms with Crippen LogP contribution >= 0.6 is 0 Å². The largest absolute Gasteiger partial charge is 0.480 e. The van der Waals surface area contributed by atoms with Gasteiger partial charge in [0.1, 0.15) is 5.54 Å². The summed E-state index contributed by atoms with van der Waals surface area (Å²) < 4.78 is 27.9. The third kappa shape index (κ3) is 2.51. The summed E-state index contributed by atoms with van der Waals surface area (Å²) in [7, 11) is -3.66. The van der Waals surface area contributed by atoms with E-state index in [9.17, 15) is 18.3 Å². The van der Waals surface area contributed by atoms with Crippen molar-refractivity contribution < 1.29 is 18.3 Å². The molecule has 2 fully saturated rings. The van der Waals surface area contributed by atoms with Gasteiger partial charge in [-0.15, -0.1) is 0 Å². The Morgan fingerprint density at radius 2 is 1.74 bits per heavy atom. The van der Waals surface area contributed by atoms with Gasteiger partial charge < -0.3 is 5.11 Å². The van der Waals surface area contributed by atoms with E-state index >= 15 is 0 Å². The molecule has 2 aliphatic rings. The van der Waals surface area contributed by atoms with E-state index in [4.69, 9.17) is 0 Å². The van der Waals surface area contributed by atoms with Crippen LogP contribution in [0.25, 0.3) is 0 Å². The van der Waals surface area contributed by atoms with Crippen LogP contribution in [0.15, 0.2) is 0 Å². The van der Waals surface area contributed by atoms with E-state index in [1.807, 2.05) is 0 Å². The molecule has 1 saturated carbocycles. The molecule has 1 aliphatic heterocycles. The van der Waals surface area contributed by atoms with Crippen molar-refractivity contribution in [1.82, 2.24) is 8.61 Å². The predicted octanol–water partition coefficient (Wildman–Crippen LogP) is 1.04. The highest BCUT2D eigenvalue weighted by atomic mass is 32.2. The quantitative estimate of drug-likeness (QED) is 0.842. The molecule has 2 rings (SSSR count). The zero-order chi connectivity index (χ0) is 14.3. The van der Waals surface area contributed by atoms with Crippen LogP contribution in [-0.2, 0) is 15.0 Å². The fourth-order valence-electron chi connectivity index (χ4n) is 2.97. The molecule has 0 spiro atoms. The van der Waals surface area contributed by atoms with E-state index in [0.29, 0.717) is 13.0 Å². The van der Waals surface area contributed by atoms with E-state index in [-0.39, 0.29) is 12.6 Å². The molecule has 1 heterocycles. The topological polar surface area (TPSA) is 77.9 Å². The lowest BCUT2D eigenvalue weighted by Gasteiger charge is -2.43. The average Bonchev–Trinajstić information content (AvgIpc) is 2.80. The van der Waals surface area contributed by atoms with Crippen molar-refractivity contribution in [2.75, 3.05) is 13.1 Å². The Morgan fingerprint density at radius 1 is 1.16 bits per heavy atom. The summed E-state index contributed by atoms with van der Waals surface area (Å²) in [5.74, 6) is -1.11. The molecule has 1 aliphatic carbocycles. The summed E-state index contributed by atoms with van der Waals surface area (Å²) in [6.07, 6.45) is 4.58. The molecular weight excluding hydrogens is 268 g/mol. The Balaban J connectivity index is 2.29. The molecule has 0 bridgehead atoms. The van der Waals surface area contributed by atoms with Crippen LogP contribution in [0.4, 0.5) is 0 Å². The zero-order valence-corrected chi connectivity index (χ0v) is 12.3. The first kappa shape index (κ1) is 14.7. The van der Waals surface area contributed by atoms with Gasteiger partial charge in [0.25, 0.3) is 10.2 Å². The predicted molar refractivity (Wildman–Crippen MR) is 70.9 cm³/mol. The first-order valence-corrected chi connectivity index (χ1v) is 8.20. The highest BCUT2D eigenvalue weighted by Crippen LogP contribution is 2.32. The van der Waals surface area contributed by atoms with Gasteiger partial charge >= 0.3 is 5.97 Å². The van der Waals surface area contributed by atoms with E-state index in [1.165, 1.54) is 18.2 Å². The van der Waals surface area contributed by atoms with Crippen LogP contribution in [-0.4, -0.2) is 52.8 Å². The maximum absolute atomic E-state index is 12.6. The summed E-state index contributed by atoms with van der Waals surface area (Å²) in [4.78, 5) is 11.3. The van der Waals surface area contributed by atoms with Gasteiger partial charge in [-0.3, -0.25) is 4.79 Å². The molecule has 0 aromatic rings. The number of carboxylic acids is 1. The van der Waals surface area contributed by atoms with Crippen molar-refractivity contribution >= 4 is 16.2 Å². The van der Waals surface area contributed by atoms with Crippen LogP contribution in [0.1, 0.15) is 46.0 Å². The minimum Gasteiger partial charge on any atom is -0.480 e. The van der Waals surface area contributed by atoms with Crippen molar-refractivity contribution in [3.63, 3.8) is 0 Å². The van der Waals surface area contributed by atoms with Crippen LogP contribution in [0, 0.1) is 0 Å². The summed E-state index contributed by atoms with van der Waals surface area (Å²) in [5, 5.41) is 9.25. The van der Waals surface area contributed by atoms with Crippen LogP contribution in [0.5, 0.6) is 0 Å². The molecule has 1 saturated heterocycles. The maximum atomic E-state index is 12.6. The lowest BCUT2D eigenvalue weighted by Crippen LogP contribution is -2.61. The molecule has 6 nitrogen and oxygen atoms in total. The molecule has 19 heavy (non-hydrogen) atoms. The van der Waals surface area contributed by atoms with Gasteiger partial charge in [-0.05, 0) is 33.1 Å². The Bertz CT molecular complexity index is 454. The minimum absolute atomic E-state index is 0.0531.